The van der Waals surface area contributed by atoms with E-state index in [0.29, 0.717) is 24.7 Å². The van der Waals surface area contributed by atoms with Crippen molar-refractivity contribution in [1.82, 2.24) is 0 Å². The summed E-state index contributed by atoms with van der Waals surface area (Å²) in [5.41, 5.74) is 3.45. The molecule has 0 heterocycles. The van der Waals surface area contributed by atoms with E-state index < -0.39 is 0 Å². The van der Waals surface area contributed by atoms with E-state index >= 15 is 0 Å². The molecule has 0 unspecified atom stereocenters. The van der Waals surface area contributed by atoms with Crippen LogP contribution in [0.5, 0.6) is 11.5 Å². The minimum Gasteiger partial charge on any atom is -0.489 e. The van der Waals surface area contributed by atoms with Gasteiger partial charge in [0.25, 0.3) is 0 Å². The van der Waals surface area contributed by atoms with Gasteiger partial charge < -0.3 is 9.47 Å². The van der Waals surface area contributed by atoms with Crippen LogP contribution in [0.25, 0.3) is 0 Å². The highest BCUT2D eigenvalue weighted by molar-refractivity contribution is 5.72. The first-order valence-electron chi connectivity index (χ1n) is 8.19. The molecule has 2 aromatic rings. The topological polar surface area (TPSA) is 35.5 Å². The van der Waals surface area contributed by atoms with Crippen LogP contribution in [0.1, 0.15) is 48.8 Å². The number of hydrogen-bond donors (Lipinski definition) is 0. The van der Waals surface area contributed by atoms with Crippen LogP contribution in [-0.4, -0.2) is 5.97 Å². The number of carbonyl (C=O) groups excluding carboxylic acids is 1. The van der Waals surface area contributed by atoms with Crippen molar-refractivity contribution < 1.29 is 14.3 Å². The third kappa shape index (κ3) is 3.92. The van der Waals surface area contributed by atoms with Gasteiger partial charge >= 0.3 is 5.97 Å². The Bertz CT molecular complexity index is 685. The summed E-state index contributed by atoms with van der Waals surface area (Å²) >= 11 is 0. The fourth-order valence-corrected chi connectivity index (χ4v) is 2.59. The van der Waals surface area contributed by atoms with E-state index in [4.69, 9.17) is 9.47 Å². The standard InChI is InChI=1S/C20H22O3/c1-3-20(21)23-19-6-4-5-17(15-9-10-15)18(19)13-22-16-11-7-14(2)8-12-16/h4-8,11-12,15H,3,9-10,13H2,1-2H3. The Kier molecular flexibility index (Phi) is 4.65. The molecule has 0 aromatic heterocycles. The summed E-state index contributed by atoms with van der Waals surface area (Å²) < 4.78 is 11.4. The van der Waals surface area contributed by atoms with Gasteiger partial charge in [0, 0.05) is 12.0 Å². The number of aryl methyl sites for hydroxylation is 1. The SMILES string of the molecule is CCC(=O)Oc1cccc(C2CC2)c1COc1ccc(C)cc1. The van der Waals surface area contributed by atoms with Crippen molar-refractivity contribution in [2.24, 2.45) is 0 Å². The number of rotatable bonds is 6. The highest BCUT2D eigenvalue weighted by atomic mass is 16.5. The van der Waals surface area contributed by atoms with Crippen molar-refractivity contribution in [3.05, 3.63) is 59.2 Å². The van der Waals surface area contributed by atoms with Crippen molar-refractivity contribution in [3.63, 3.8) is 0 Å². The van der Waals surface area contributed by atoms with Crippen LogP contribution in [0, 0.1) is 6.92 Å². The molecule has 0 spiro atoms. The summed E-state index contributed by atoms with van der Waals surface area (Å²) in [6.07, 6.45) is 2.76. The first-order chi connectivity index (χ1) is 11.2. The van der Waals surface area contributed by atoms with Gasteiger partial charge in [0.15, 0.2) is 0 Å². The molecule has 1 fully saturated rings. The van der Waals surface area contributed by atoms with E-state index in [9.17, 15) is 4.79 Å². The Labute approximate surface area is 137 Å². The highest BCUT2D eigenvalue weighted by Gasteiger charge is 2.28. The number of ether oxygens (including phenoxy) is 2. The largest absolute Gasteiger partial charge is 0.489 e. The smallest absolute Gasteiger partial charge is 0.310 e. The van der Waals surface area contributed by atoms with Crippen molar-refractivity contribution in [2.45, 2.75) is 45.6 Å². The third-order valence-electron chi connectivity index (χ3n) is 4.10. The minimum absolute atomic E-state index is 0.213. The van der Waals surface area contributed by atoms with Crippen molar-refractivity contribution in [2.75, 3.05) is 0 Å². The van der Waals surface area contributed by atoms with Gasteiger partial charge in [-0.25, -0.2) is 0 Å². The van der Waals surface area contributed by atoms with Gasteiger partial charge in [-0.05, 0) is 49.4 Å². The number of benzene rings is 2. The maximum Gasteiger partial charge on any atom is 0.310 e. The maximum absolute atomic E-state index is 11.7. The molecule has 1 aliphatic carbocycles. The molecule has 23 heavy (non-hydrogen) atoms. The van der Waals surface area contributed by atoms with E-state index in [-0.39, 0.29) is 5.97 Å². The van der Waals surface area contributed by atoms with Gasteiger partial charge in [-0.15, -0.1) is 0 Å². The molecule has 0 amide bonds. The van der Waals surface area contributed by atoms with Gasteiger partial charge in [0.1, 0.15) is 18.1 Å². The maximum atomic E-state index is 11.7. The Morgan fingerprint density at radius 1 is 1.13 bits per heavy atom. The van der Waals surface area contributed by atoms with Crippen LogP contribution in [0.2, 0.25) is 0 Å². The zero-order valence-electron chi connectivity index (χ0n) is 13.7. The van der Waals surface area contributed by atoms with Crippen LogP contribution in [0.3, 0.4) is 0 Å². The molecule has 0 N–H and O–H groups in total. The Balaban J connectivity index is 1.82. The van der Waals surface area contributed by atoms with Crippen molar-refractivity contribution in [3.8, 4) is 11.5 Å². The summed E-state index contributed by atoms with van der Waals surface area (Å²) in [6.45, 7) is 4.27. The average Bonchev–Trinajstić information content (AvgIpc) is 3.39. The summed E-state index contributed by atoms with van der Waals surface area (Å²) in [6, 6.07) is 13.9. The lowest BCUT2D eigenvalue weighted by molar-refractivity contribution is -0.134. The van der Waals surface area contributed by atoms with Gasteiger partial charge in [-0.2, -0.15) is 0 Å². The Hall–Kier alpha value is -2.29. The zero-order valence-corrected chi connectivity index (χ0v) is 13.7. The predicted octanol–water partition coefficient (Wildman–Crippen LogP) is 4.77. The fraction of sp³-hybridized carbons (Fsp3) is 0.350. The molecule has 0 atom stereocenters. The lowest BCUT2D eigenvalue weighted by Gasteiger charge is -2.15. The molecule has 120 valence electrons. The number of carbonyl (C=O) groups is 1. The summed E-state index contributed by atoms with van der Waals surface area (Å²) in [4.78, 5) is 11.7. The van der Waals surface area contributed by atoms with Gasteiger partial charge in [-0.1, -0.05) is 36.8 Å². The van der Waals surface area contributed by atoms with Crippen LogP contribution in [0.4, 0.5) is 0 Å². The highest BCUT2D eigenvalue weighted by Crippen LogP contribution is 2.44. The van der Waals surface area contributed by atoms with Crippen LogP contribution in [-0.2, 0) is 11.4 Å². The van der Waals surface area contributed by atoms with Crippen LogP contribution >= 0.6 is 0 Å². The average molecular weight is 310 g/mol. The van der Waals surface area contributed by atoms with E-state index in [1.807, 2.05) is 36.4 Å². The first-order valence-corrected chi connectivity index (χ1v) is 8.19. The fourth-order valence-electron chi connectivity index (χ4n) is 2.59. The molecule has 2 aromatic carbocycles. The van der Waals surface area contributed by atoms with E-state index in [1.165, 1.54) is 24.0 Å². The number of hydrogen-bond acceptors (Lipinski definition) is 3. The molecular weight excluding hydrogens is 288 g/mol. The molecule has 3 nitrogen and oxygen atoms in total. The van der Waals surface area contributed by atoms with Crippen LogP contribution in [0.15, 0.2) is 42.5 Å². The predicted molar refractivity (Wildman–Crippen MR) is 89.9 cm³/mol. The van der Waals surface area contributed by atoms with Gasteiger partial charge in [0.05, 0.1) is 0 Å². The Morgan fingerprint density at radius 3 is 2.52 bits per heavy atom. The molecule has 3 rings (SSSR count). The molecule has 0 radical (unpaired) electrons. The quantitative estimate of drug-likeness (QED) is 0.569. The molecular formula is C20H22O3. The molecule has 0 saturated heterocycles. The third-order valence-corrected chi connectivity index (χ3v) is 4.10. The molecule has 3 heteroatoms. The van der Waals surface area contributed by atoms with Crippen LogP contribution < -0.4 is 9.47 Å². The van der Waals surface area contributed by atoms with E-state index in [2.05, 4.69) is 13.0 Å². The first kappa shape index (κ1) is 15.6. The lowest BCUT2D eigenvalue weighted by Crippen LogP contribution is -2.10. The molecule has 0 aliphatic heterocycles. The molecule has 0 bridgehead atoms. The van der Waals surface area contributed by atoms with Gasteiger partial charge in [-0.3, -0.25) is 4.79 Å². The van der Waals surface area contributed by atoms with Crippen molar-refractivity contribution in [1.29, 1.82) is 0 Å². The molecule has 1 aliphatic rings. The summed E-state index contributed by atoms with van der Waals surface area (Å²) in [7, 11) is 0. The molecule has 1 saturated carbocycles. The lowest BCUT2D eigenvalue weighted by atomic mass is 10.0. The second-order valence-electron chi connectivity index (χ2n) is 6.03. The van der Waals surface area contributed by atoms with Crippen molar-refractivity contribution >= 4 is 5.97 Å². The zero-order chi connectivity index (χ0) is 16.2. The second-order valence-corrected chi connectivity index (χ2v) is 6.03. The monoisotopic (exact) mass is 310 g/mol. The minimum atomic E-state index is -0.213. The summed E-state index contributed by atoms with van der Waals surface area (Å²) in [5, 5.41) is 0. The van der Waals surface area contributed by atoms with E-state index in [0.717, 1.165) is 11.3 Å². The normalized spacial score (nSPS) is 13.7. The van der Waals surface area contributed by atoms with E-state index in [1.54, 1.807) is 6.92 Å². The Morgan fingerprint density at radius 2 is 1.87 bits per heavy atom. The second kappa shape index (κ2) is 6.86. The summed E-state index contributed by atoms with van der Waals surface area (Å²) in [5.74, 6) is 1.82. The number of esters is 1. The van der Waals surface area contributed by atoms with Gasteiger partial charge in [0.2, 0.25) is 0 Å².